The van der Waals surface area contributed by atoms with Gasteiger partial charge in [-0.3, -0.25) is 0 Å². The van der Waals surface area contributed by atoms with E-state index in [0.29, 0.717) is 0 Å². The lowest BCUT2D eigenvalue weighted by Crippen LogP contribution is -2.33. The van der Waals surface area contributed by atoms with Gasteiger partial charge < -0.3 is 0 Å². The summed E-state index contributed by atoms with van der Waals surface area (Å²) in [5.74, 6) is 0. The van der Waals surface area contributed by atoms with Gasteiger partial charge in [-0.15, -0.1) is 0 Å². The Morgan fingerprint density at radius 3 is 1.90 bits per heavy atom. The molecule has 0 spiro atoms. The fourth-order valence-electron chi connectivity index (χ4n) is 3.76. The van der Waals surface area contributed by atoms with Crippen molar-refractivity contribution < 1.29 is 9.13 Å². The van der Waals surface area contributed by atoms with Crippen molar-refractivity contribution >= 4 is 10.8 Å². The minimum absolute atomic E-state index is 0.886. The SMILES string of the molecule is c1ccc(C[n+]2ccc(-c3cc[n+](-c4cccc5ccccc45)cc3)cc2)cc1. The average molecular weight is 374 g/mol. The van der Waals surface area contributed by atoms with E-state index in [4.69, 9.17) is 0 Å². The lowest BCUT2D eigenvalue weighted by molar-refractivity contribution is -0.688. The van der Waals surface area contributed by atoms with Crippen LogP contribution in [-0.2, 0) is 6.54 Å². The quantitative estimate of drug-likeness (QED) is 0.386. The molecule has 2 heteroatoms. The van der Waals surface area contributed by atoms with Crippen LogP contribution in [0, 0.1) is 0 Å². The number of benzene rings is 3. The zero-order chi connectivity index (χ0) is 19.5. The van der Waals surface area contributed by atoms with E-state index in [1.54, 1.807) is 0 Å². The molecule has 0 atom stereocenters. The molecule has 0 fully saturated rings. The predicted octanol–water partition coefficient (Wildman–Crippen LogP) is 5.12. The molecule has 5 aromatic rings. The van der Waals surface area contributed by atoms with E-state index in [0.717, 1.165) is 6.54 Å². The first-order valence-corrected chi connectivity index (χ1v) is 9.90. The highest BCUT2D eigenvalue weighted by Crippen LogP contribution is 2.20. The Labute approximate surface area is 171 Å². The lowest BCUT2D eigenvalue weighted by Gasteiger charge is -2.03. The molecular formula is C27H22N2+2. The van der Waals surface area contributed by atoms with Crippen molar-refractivity contribution in [2.24, 2.45) is 0 Å². The molecule has 2 aromatic heterocycles. The van der Waals surface area contributed by atoms with Gasteiger partial charge in [-0.2, -0.15) is 4.57 Å². The van der Waals surface area contributed by atoms with Gasteiger partial charge in [0.1, 0.15) is 0 Å². The van der Waals surface area contributed by atoms with Crippen molar-refractivity contribution in [2.75, 3.05) is 0 Å². The summed E-state index contributed by atoms with van der Waals surface area (Å²) < 4.78 is 4.39. The van der Waals surface area contributed by atoms with E-state index >= 15 is 0 Å². The van der Waals surface area contributed by atoms with Crippen LogP contribution in [0.15, 0.2) is 122 Å². The van der Waals surface area contributed by atoms with Crippen LogP contribution in [0.2, 0.25) is 0 Å². The molecule has 3 aromatic carbocycles. The van der Waals surface area contributed by atoms with Gasteiger partial charge in [-0.1, -0.05) is 60.7 Å². The topological polar surface area (TPSA) is 7.76 Å². The third kappa shape index (κ3) is 3.65. The second-order valence-electron chi connectivity index (χ2n) is 7.24. The Kier molecular flexibility index (Phi) is 4.59. The molecule has 0 unspecified atom stereocenters. The standard InChI is InChI=1S/C27H22N2/c1-2-7-22(8-3-1)21-28-17-13-23(14-18-28)24-15-19-29(20-16-24)27-12-6-10-25-9-4-5-11-26(25)27/h1-20H,21H2/q+2. The fraction of sp³-hybridized carbons (Fsp3) is 0.0370. The van der Waals surface area contributed by atoms with Crippen molar-refractivity contribution in [2.45, 2.75) is 6.54 Å². The monoisotopic (exact) mass is 374 g/mol. The molecule has 0 aliphatic heterocycles. The van der Waals surface area contributed by atoms with Crippen LogP contribution in [0.1, 0.15) is 5.56 Å². The van der Waals surface area contributed by atoms with Crippen LogP contribution in [0.3, 0.4) is 0 Å². The second-order valence-corrected chi connectivity index (χ2v) is 7.24. The molecule has 138 valence electrons. The molecule has 0 N–H and O–H groups in total. The molecule has 29 heavy (non-hydrogen) atoms. The molecule has 2 nitrogen and oxygen atoms in total. The van der Waals surface area contributed by atoms with E-state index < -0.39 is 0 Å². The highest BCUT2D eigenvalue weighted by molar-refractivity contribution is 5.88. The third-order valence-electron chi connectivity index (χ3n) is 5.31. The maximum absolute atomic E-state index is 2.21. The minimum Gasteiger partial charge on any atom is -0.201 e. The largest absolute Gasteiger partial charge is 0.218 e. The summed E-state index contributed by atoms with van der Waals surface area (Å²) in [6.07, 6.45) is 8.58. The van der Waals surface area contributed by atoms with Crippen LogP contribution in [0.25, 0.3) is 27.6 Å². The number of nitrogens with zero attached hydrogens (tertiary/aromatic N) is 2. The summed E-state index contributed by atoms with van der Waals surface area (Å²) in [6, 6.07) is 34.2. The third-order valence-corrected chi connectivity index (χ3v) is 5.31. The van der Waals surface area contributed by atoms with E-state index in [1.807, 2.05) is 0 Å². The Hall–Kier alpha value is -3.78. The molecule has 2 heterocycles. The molecule has 5 rings (SSSR count). The summed E-state index contributed by atoms with van der Waals surface area (Å²) in [5.41, 5.74) is 4.94. The van der Waals surface area contributed by atoms with Gasteiger partial charge in [0.2, 0.25) is 5.69 Å². The van der Waals surface area contributed by atoms with Gasteiger partial charge in [0.05, 0.1) is 5.39 Å². The Morgan fingerprint density at radius 1 is 0.517 bits per heavy atom. The molecule has 0 aliphatic carbocycles. The number of fused-ring (bicyclic) bond motifs is 1. The molecule has 0 saturated heterocycles. The molecule has 0 aliphatic rings. The van der Waals surface area contributed by atoms with E-state index in [1.165, 1.54) is 33.2 Å². The van der Waals surface area contributed by atoms with Crippen LogP contribution in [0.5, 0.6) is 0 Å². The number of hydrogen-bond acceptors (Lipinski definition) is 0. The van der Waals surface area contributed by atoms with Gasteiger partial charge in [0, 0.05) is 35.9 Å². The summed E-state index contributed by atoms with van der Waals surface area (Å²) in [4.78, 5) is 0. The minimum atomic E-state index is 0.886. The van der Waals surface area contributed by atoms with Gasteiger partial charge in [-0.25, -0.2) is 4.57 Å². The molecule has 0 bridgehead atoms. The van der Waals surface area contributed by atoms with Gasteiger partial charge in [0.15, 0.2) is 31.3 Å². The van der Waals surface area contributed by atoms with Crippen LogP contribution >= 0.6 is 0 Å². The van der Waals surface area contributed by atoms with E-state index in [9.17, 15) is 0 Å². The Morgan fingerprint density at radius 2 is 1.14 bits per heavy atom. The zero-order valence-electron chi connectivity index (χ0n) is 16.1. The van der Waals surface area contributed by atoms with Crippen LogP contribution in [0.4, 0.5) is 0 Å². The predicted molar refractivity (Wildman–Crippen MR) is 117 cm³/mol. The smallest absolute Gasteiger partial charge is 0.201 e. The number of pyridine rings is 2. The summed E-state index contributed by atoms with van der Waals surface area (Å²) in [5, 5.41) is 2.52. The van der Waals surface area contributed by atoms with E-state index in [-0.39, 0.29) is 0 Å². The maximum Gasteiger partial charge on any atom is 0.218 e. The fourth-order valence-corrected chi connectivity index (χ4v) is 3.76. The molecule has 0 saturated carbocycles. The molecule has 0 radical (unpaired) electrons. The zero-order valence-corrected chi connectivity index (χ0v) is 16.1. The van der Waals surface area contributed by atoms with Gasteiger partial charge >= 0.3 is 0 Å². The Balaban J connectivity index is 1.40. The first-order valence-electron chi connectivity index (χ1n) is 9.90. The second kappa shape index (κ2) is 7.69. The normalized spacial score (nSPS) is 10.9. The van der Waals surface area contributed by atoms with Crippen molar-refractivity contribution in [3.05, 3.63) is 127 Å². The van der Waals surface area contributed by atoms with Crippen molar-refractivity contribution in [3.8, 4) is 16.8 Å². The van der Waals surface area contributed by atoms with Gasteiger partial charge in [-0.05, 0) is 22.6 Å². The first-order chi connectivity index (χ1) is 14.4. The van der Waals surface area contributed by atoms with Crippen molar-refractivity contribution in [1.82, 2.24) is 0 Å². The van der Waals surface area contributed by atoms with E-state index in [2.05, 4.69) is 131 Å². The highest BCUT2D eigenvalue weighted by Gasteiger charge is 2.11. The Bertz CT molecular complexity index is 1240. The van der Waals surface area contributed by atoms with Crippen molar-refractivity contribution in [1.29, 1.82) is 0 Å². The first kappa shape index (κ1) is 17.3. The molecule has 0 amide bonds. The maximum atomic E-state index is 2.21. The summed E-state index contributed by atoms with van der Waals surface area (Å²) in [6.45, 7) is 0.886. The van der Waals surface area contributed by atoms with Crippen LogP contribution in [-0.4, -0.2) is 0 Å². The number of rotatable bonds is 4. The highest BCUT2D eigenvalue weighted by atomic mass is 14.9. The summed E-state index contributed by atoms with van der Waals surface area (Å²) in [7, 11) is 0. The summed E-state index contributed by atoms with van der Waals surface area (Å²) >= 11 is 0. The lowest BCUT2D eigenvalue weighted by atomic mass is 10.1. The number of aromatic nitrogens is 2. The number of hydrogen-bond donors (Lipinski definition) is 0. The average Bonchev–Trinajstić information content (AvgIpc) is 2.80. The van der Waals surface area contributed by atoms with Gasteiger partial charge in [0.25, 0.3) is 0 Å². The van der Waals surface area contributed by atoms with Crippen molar-refractivity contribution in [3.63, 3.8) is 0 Å². The van der Waals surface area contributed by atoms with Crippen LogP contribution < -0.4 is 9.13 Å². The molecular weight excluding hydrogens is 352 g/mol.